The third-order valence-corrected chi connectivity index (χ3v) is 3.72. The van der Waals surface area contributed by atoms with Crippen molar-refractivity contribution in [2.75, 3.05) is 5.32 Å². The summed E-state index contributed by atoms with van der Waals surface area (Å²) in [5.41, 5.74) is 1.43. The van der Waals surface area contributed by atoms with E-state index < -0.39 is 0 Å². The van der Waals surface area contributed by atoms with Crippen LogP contribution in [0.25, 0.3) is 0 Å². The normalized spacial score (nSPS) is 10.6. The molecule has 18 heavy (non-hydrogen) atoms. The summed E-state index contributed by atoms with van der Waals surface area (Å²) in [6, 6.07) is 0. The number of carbonyl (C=O) groups is 1. The third kappa shape index (κ3) is 2.59. The second kappa shape index (κ2) is 5.30. The standard InChI is InChI=1S/C12H16N4OS/c1-4-5-9-6-13-12(18-9)15-11(17)10-7-14-16(3)8(10)2/h6-7H,4-5H2,1-3H3,(H,13,15,17). The third-order valence-electron chi connectivity index (χ3n) is 2.75. The molecule has 2 rings (SSSR count). The highest BCUT2D eigenvalue weighted by molar-refractivity contribution is 7.15. The zero-order valence-corrected chi connectivity index (χ0v) is 11.5. The molecule has 6 heteroatoms. The molecule has 1 amide bonds. The van der Waals surface area contributed by atoms with Crippen molar-refractivity contribution in [3.63, 3.8) is 0 Å². The molecule has 0 saturated carbocycles. The van der Waals surface area contributed by atoms with Crippen molar-refractivity contribution in [3.8, 4) is 0 Å². The summed E-state index contributed by atoms with van der Waals surface area (Å²) in [4.78, 5) is 17.4. The Bertz CT molecular complexity index is 558. The molecule has 2 aromatic heterocycles. The Morgan fingerprint density at radius 3 is 2.89 bits per heavy atom. The largest absolute Gasteiger partial charge is 0.298 e. The van der Waals surface area contributed by atoms with Gasteiger partial charge < -0.3 is 0 Å². The van der Waals surface area contributed by atoms with E-state index in [0.29, 0.717) is 10.7 Å². The smallest absolute Gasteiger partial charge is 0.260 e. The van der Waals surface area contributed by atoms with Gasteiger partial charge in [-0.25, -0.2) is 4.98 Å². The molecule has 0 aliphatic carbocycles. The van der Waals surface area contributed by atoms with Crippen LogP contribution in [0.15, 0.2) is 12.4 Å². The number of nitrogens with zero attached hydrogens (tertiary/aromatic N) is 3. The van der Waals surface area contributed by atoms with Crippen LogP contribution in [0.1, 0.15) is 34.3 Å². The van der Waals surface area contributed by atoms with Gasteiger partial charge in [0.25, 0.3) is 5.91 Å². The lowest BCUT2D eigenvalue weighted by atomic mass is 10.2. The SMILES string of the molecule is CCCc1cnc(NC(=O)c2cnn(C)c2C)s1. The Morgan fingerprint density at radius 2 is 2.28 bits per heavy atom. The van der Waals surface area contributed by atoms with Crippen LogP contribution in [0, 0.1) is 6.92 Å². The van der Waals surface area contributed by atoms with Gasteiger partial charge >= 0.3 is 0 Å². The van der Waals surface area contributed by atoms with Gasteiger partial charge in [-0.1, -0.05) is 13.3 Å². The molecule has 0 unspecified atom stereocenters. The number of thiazole rings is 1. The molecule has 0 bridgehead atoms. The van der Waals surface area contributed by atoms with Crippen LogP contribution in [0.3, 0.4) is 0 Å². The van der Waals surface area contributed by atoms with Crippen LogP contribution >= 0.6 is 11.3 Å². The zero-order chi connectivity index (χ0) is 13.1. The molecular formula is C12H16N4OS. The van der Waals surface area contributed by atoms with Gasteiger partial charge in [-0.3, -0.25) is 14.8 Å². The van der Waals surface area contributed by atoms with Crippen LogP contribution in [0.2, 0.25) is 0 Å². The van der Waals surface area contributed by atoms with Crippen LogP contribution in [0.4, 0.5) is 5.13 Å². The van der Waals surface area contributed by atoms with E-state index in [4.69, 9.17) is 0 Å². The first-order valence-corrected chi connectivity index (χ1v) is 6.68. The molecule has 2 heterocycles. The van der Waals surface area contributed by atoms with Gasteiger partial charge in [0.1, 0.15) is 0 Å². The number of hydrogen-bond acceptors (Lipinski definition) is 4. The molecule has 0 spiro atoms. The topological polar surface area (TPSA) is 59.8 Å². The Hall–Kier alpha value is -1.69. The highest BCUT2D eigenvalue weighted by Crippen LogP contribution is 2.20. The average molecular weight is 264 g/mol. The van der Waals surface area contributed by atoms with Gasteiger partial charge in [0.15, 0.2) is 5.13 Å². The van der Waals surface area contributed by atoms with Crippen molar-refractivity contribution in [1.29, 1.82) is 0 Å². The van der Waals surface area contributed by atoms with E-state index in [9.17, 15) is 4.79 Å². The molecule has 5 nitrogen and oxygen atoms in total. The maximum atomic E-state index is 12.0. The lowest BCUT2D eigenvalue weighted by Gasteiger charge is -2.00. The summed E-state index contributed by atoms with van der Waals surface area (Å²) >= 11 is 1.52. The molecule has 0 saturated heterocycles. The predicted molar refractivity (Wildman–Crippen MR) is 72.0 cm³/mol. The van der Waals surface area contributed by atoms with Crippen molar-refractivity contribution in [2.24, 2.45) is 7.05 Å². The fourth-order valence-corrected chi connectivity index (χ4v) is 2.52. The van der Waals surface area contributed by atoms with Crippen LogP contribution < -0.4 is 5.32 Å². The minimum atomic E-state index is -0.155. The quantitative estimate of drug-likeness (QED) is 0.922. The lowest BCUT2D eigenvalue weighted by molar-refractivity contribution is 0.102. The molecule has 0 aromatic carbocycles. The van der Waals surface area contributed by atoms with Crippen LogP contribution in [-0.2, 0) is 13.5 Å². The van der Waals surface area contributed by atoms with E-state index in [1.54, 1.807) is 10.9 Å². The maximum Gasteiger partial charge on any atom is 0.260 e. The van der Waals surface area contributed by atoms with E-state index >= 15 is 0 Å². The molecule has 0 fully saturated rings. The molecule has 2 aromatic rings. The Balaban J connectivity index is 2.09. The lowest BCUT2D eigenvalue weighted by Crippen LogP contribution is -2.12. The highest BCUT2D eigenvalue weighted by Gasteiger charge is 2.14. The minimum absolute atomic E-state index is 0.155. The van der Waals surface area contributed by atoms with Crippen LogP contribution in [0.5, 0.6) is 0 Å². The van der Waals surface area contributed by atoms with Crippen molar-refractivity contribution in [1.82, 2.24) is 14.8 Å². The average Bonchev–Trinajstić information content (AvgIpc) is 2.89. The molecule has 1 N–H and O–H groups in total. The number of aromatic nitrogens is 3. The number of anilines is 1. The summed E-state index contributed by atoms with van der Waals surface area (Å²) in [7, 11) is 1.81. The van der Waals surface area contributed by atoms with E-state index in [1.807, 2.05) is 20.2 Å². The Labute approximate surface area is 110 Å². The number of aryl methyl sites for hydroxylation is 2. The molecule has 0 aliphatic heterocycles. The van der Waals surface area contributed by atoms with E-state index in [-0.39, 0.29) is 5.91 Å². The summed E-state index contributed by atoms with van der Waals surface area (Å²) in [6.45, 7) is 3.99. The maximum absolute atomic E-state index is 12.0. The predicted octanol–water partition coefficient (Wildman–Crippen LogP) is 2.39. The molecule has 0 aliphatic rings. The van der Waals surface area contributed by atoms with Gasteiger partial charge in [0.05, 0.1) is 11.8 Å². The number of hydrogen-bond donors (Lipinski definition) is 1. The molecule has 0 radical (unpaired) electrons. The highest BCUT2D eigenvalue weighted by atomic mass is 32.1. The fourth-order valence-electron chi connectivity index (χ4n) is 1.61. The van der Waals surface area contributed by atoms with E-state index in [0.717, 1.165) is 18.5 Å². The molecule has 96 valence electrons. The molecular weight excluding hydrogens is 248 g/mol. The van der Waals surface area contributed by atoms with Crippen molar-refractivity contribution in [3.05, 3.63) is 28.5 Å². The van der Waals surface area contributed by atoms with Crippen LogP contribution in [-0.4, -0.2) is 20.7 Å². The zero-order valence-electron chi connectivity index (χ0n) is 10.7. The number of amides is 1. The second-order valence-corrected chi connectivity index (χ2v) is 5.22. The van der Waals surface area contributed by atoms with E-state index in [1.165, 1.54) is 16.2 Å². The Morgan fingerprint density at radius 1 is 1.50 bits per heavy atom. The van der Waals surface area contributed by atoms with Crippen molar-refractivity contribution >= 4 is 22.4 Å². The van der Waals surface area contributed by atoms with Crippen molar-refractivity contribution in [2.45, 2.75) is 26.7 Å². The first-order chi connectivity index (χ1) is 8.61. The van der Waals surface area contributed by atoms with Gasteiger partial charge in [0, 0.05) is 23.8 Å². The minimum Gasteiger partial charge on any atom is -0.298 e. The Kier molecular flexibility index (Phi) is 3.76. The summed E-state index contributed by atoms with van der Waals surface area (Å²) in [5.74, 6) is -0.155. The number of carbonyl (C=O) groups excluding carboxylic acids is 1. The van der Waals surface area contributed by atoms with Gasteiger partial charge in [0.2, 0.25) is 0 Å². The monoisotopic (exact) mass is 264 g/mol. The first-order valence-electron chi connectivity index (χ1n) is 5.86. The first kappa shape index (κ1) is 12.8. The number of nitrogens with one attached hydrogen (secondary N) is 1. The summed E-state index contributed by atoms with van der Waals surface area (Å²) < 4.78 is 1.68. The fraction of sp³-hybridized carbons (Fsp3) is 0.417. The second-order valence-electron chi connectivity index (χ2n) is 4.10. The summed E-state index contributed by atoms with van der Waals surface area (Å²) in [5, 5.41) is 7.50. The summed E-state index contributed by atoms with van der Waals surface area (Å²) in [6.07, 6.45) is 5.47. The van der Waals surface area contributed by atoms with Gasteiger partial charge in [-0.05, 0) is 13.3 Å². The van der Waals surface area contributed by atoms with Crippen molar-refractivity contribution < 1.29 is 4.79 Å². The molecule has 0 atom stereocenters. The number of rotatable bonds is 4. The van der Waals surface area contributed by atoms with E-state index in [2.05, 4.69) is 22.3 Å². The van der Waals surface area contributed by atoms with Gasteiger partial charge in [-0.2, -0.15) is 5.10 Å². The van der Waals surface area contributed by atoms with Gasteiger partial charge in [-0.15, -0.1) is 11.3 Å².